The minimum Gasteiger partial charge on any atom is -0.356 e. The average molecular weight is 199 g/mol. The van der Waals surface area contributed by atoms with E-state index in [2.05, 4.69) is 17.1 Å². The second-order valence-electron chi connectivity index (χ2n) is 4.21. The summed E-state index contributed by atoms with van der Waals surface area (Å²) in [6.45, 7) is 0.906. The maximum Gasteiger partial charge on any atom is 0.220 e. The van der Waals surface area contributed by atoms with Crippen molar-refractivity contribution in [2.45, 2.75) is 32.1 Å². The van der Waals surface area contributed by atoms with Crippen molar-refractivity contribution in [2.24, 2.45) is 5.41 Å². The van der Waals surface area contributed by atoms with Gasteiger partial charge in [0, 0.05) is 13.0 Å². The molecule has 2 nitrogen and oxygen atoms in total. The summed E-state index contributed by atoms with van der Waals surface area (Å²) in [5.74, 6) is 2.86. The Hall–Kier alpha value is -0.180. The fraction of sp³-hybridized carbons (Fsp3) is 0.900. The summed E-state index contributed by atoms with van der Waals surface area (Å²) in [7, 11) is 0. The van der Waals surface area contributed by atoms with E-state index >= 15 is 0 Å². The van der Waals surface area contributed by atoms with Crippen LogP contribution in [0.5, 0.6) is 0 Å². The highest BCUT2D eigenvalue weighted by molar-refractivity contribution is 7.99. The molecule has 0 radical (unpaired) electrons. The predicted molar refractivity (Wildman–Crippen MR) is 55.9 cm³/mol. The lowest BCUT2D eigenvalue weighted by Crippen LogP contribution is -2.27. The Morgan fingerprint density at radius 1 is 1.15 bits per heavy atom. The smallest absolute Gasteiger partial charge is 0.220 e. The minimum atomic E-state index is 0.259. The maximum absolute atomic E-state index is 11.2. The number of hydrogen-bond donors (Lipinski definition) is 1. The molecule has 2 aliphatic rings. The van der Waals surface area contributed by atoms with Crippen molar-refractivity contribution >= 4 is 17.7 Å². The van der Waals surface area contributed by atoms with E-state index in [0.29, 0.717) is 5.41 Å². The summed E-state index contributed by atoms with van der Waals surface area (Å²) in [6, 6.07) is 0. The number of nitrogens with one attached hydrogen (secondary N) is 1. The van der Waals surface area contributed by atoms with E-state index in [9.17, 15) is 4.79 Å². The summed E-state index contributed by atoms with van der Waals surface area (Å²) in [6.07, 6.45) is 5.74. The summed E-state index contributed by atoms with van der Waals surface area (Å²) in [5, 5.41) is 2.97. The highest BCUT2D eigenvalue weighted by Gasteiger charge is 2.33. The van der Waals surface area contributed by atoms with E-state index in [1.54, 1.807) is 0 Å². The third-order valence-corrected chi connectivity index (χ3v) is 4.40. The van der Waals surface area contributed by atoms with Gasteiger partial charge in [0.1, 0.15) is 0 Å². The van der Waals surface area contributed by atoms with Crippen LogP contribution in [-0.4, -0.2) is 24.0 Å². The number of amides is 1. The maximum atomic E-state index is 11.2. The van der Waals surface area contributed by atoms with Crippen LogP contribution in [0.1, 0.15) is 32.1 Å². The van der Waals surface area contributed by atoms with Gasteiger partial charge < -0.3 is 5.32 Å². The fourth-order valence-corrected chi connectivity index (χ4v) is 3.72. The topological polar surface area (TPSA) is 29.1 Å². The fourth-order valence-electron chi connectivity index (χ4n) is 2.36. The van der Waals surface area contributed by atoms with Gasteiger partial charge in [-0.15, -0.1) is 0 Å². The van der Waals surface area contributed by atoms with Crippen LogP contribution < -0.4 is 5.32 Å². The van der Waals surface area contributed by atoms with Gasteiger partial charge in [-0.3, -0.25) is 4.79 Å². The molecule has 1 amide bonds. The lowest BCUT2D eigenvalue weighted by atomic mass is 9.76. The normalized spacial score (nSPS) is 28.2. The zero-order chi connectivity index (χ0) is 9.15. The SMILES string of the molecule is O=C1CCC2(CCN1)CCSCC2. The third kappa shape index (κ3) is 2.19. The van der Waals surface area contributed by atoms with E-state index < -0.39 is 0 Å². The first-order chi connectivity index (χ1) is 6.31. The Kier molecular flexibility index (Phi) is 2.82. The molecule has 1 spiro atoms. The number of carbonyl (C=O) groups excluding carboxylic acids is 1. The molecule has 74 valence electrons. The summed E-state index contributed by atoms with van der Waals surface area (Å²) < 4.78 is 0. The van der Waals surface area contributed by atoms with E-state index in [0.717, 1.165) is 19.4 Å². The molecular formula is C10H17NOS. The predicted octanol–water partition coefficient (Wildman–Crippen LogP) is 1.80. The van der Waals surface area contributed by atoms with Crippen LogP contribution in [0.4, 0.5) is 0 Å². The third-order valence-electron chi connectivity index (χ3n) is 3.41. The van der Waals surface area contributed by atoms with Crippen molar-refractivity contribution in [1.82, 2.24) is 5.32 Å². The van der Waals surface area contributed by atoms with Crippen molar-refractivity contribution in [2.75, 3.05) is 18.1 Å². The highest BCUT2D eigenvalue weighted by atomic mass is 32.2. The molecule has 1 N–H and O–H groups in total. The van der Waals surface area contributed by atoms with Crippen LogP contribution in [-0.2, 0) is 4.79 Å². The Balaban J connectivity index is 1.99. The zero-order valence-electron chi connectivity index (χ0n) is 7.97. The van der Waals surface area contributed by atoms with Gasteiger partial charge in [0.2, 0.25) is 5.91 Å². The second kappa shape index (κ2) is 3.91. The lowest BCUT2D eigenvalue weighted by molar-refractivity contribution is -0.120. The number of thioether (sulfide) groups is 1. The van der Waals surface area contributed by atoms with E-state index in [1.165, 1.54) is 30.8 Å². The van der Waals surface area contributed by atoms with Crippen molar-refractivity contribution in [3.05, 3.63) is 0 Å². The molecule has 3 heteroatoms. The molecule has 13 heavy (non-hydrogen) atoms. The minimum absolute atomic E-state index is 0.259. The molecular weight excluding hydrogens is 182 g/mol. The molecule has 0 aromatic heterocycles. The van der Waals surface area contributed by atoms with Crippen LogP contribution in [0.25, 0.3) is 0 Å². The van der Waals surface area contributed by atoms with Crippen molar-refractivity contribution < 1.29 is 4.79 Å². The van der Waals surface area contributed by atoms with Gasteiger partial charge in [-0.2, -0.15) is 11.8 Å². The second-order valence-corrected chi connectivity index (χ2v) is 5.44. The summed E-state index contributed by atoms with van der Waals surface area (Å²) >= 11 is 2.06. The molecule has 2 heterocycles. The van der Waals surface area contributed by atoms with Crippen LogP contribution in [0.3, 0.4) is 0 Å². The average Bonchev–Trinajstić information content (AvgIpc) is 2.32. The van der Waals surface area contributed by atoms with Crippen molar-refractivity contribution in [1.29, 1.82) is 0 Å². The Morgan fingerprint density at radius 3 is 2.69 bits per heavy atom. The quantitative estimate of drug-likeness (QED) is 0.644. The molecule has 0 bridgehead atoms. The highest BCUT2D eigenvalue weighted by Crippen LogP contribution is 2.42. The van der Waals surface area contributed by atoms with Gasteiger partial charge in [-0.1, -0.05) is 0 Å². The number of hydrogen-bond acceptors (Lipinski definition) is 2. The van der Waals surface area contributed by atoms with Gasteiger partial charge in [0.25, 0.3) is 0 Å². The standard InChI is InChI=1S/C10H17NOS/c12-9-1-2-10(3-6-11-9)4-7-13-8-5-10/h1-8H2,(H,11,12). The van der Waals surface area contributed by atoms with Gasteiger partial charge in [0.05, 0.1) is 0 Å². The van der Waals surface area contributed by atoms with Crippen LogP contribution in [0.2, 0.25) is 0 Å². The summed E-state index contributed by atoms with van der Waals surface area (Å²) in [5.41, 5.74) is 0.518. The van der Waals surface area contributed by atoms with Crippen molar-refractivity contribution in [3.63, 3.8) is 0 Å². The van der Waals surface area contributed by atoms with E-state index in [4.69, 9.17) is 0 Å². The largest absolute Gasteiger partial charge is 0.356 e. The van der Waals surface area contributed by atoms with Crippen LogP contribution in [0.15, 0.2) is 0 Å². The molecule has 2 rings (SSSR count). The molecule has 2 fully saturated rings. The van der Waals surface area contributed by atoms with E-state index in [1.807, 2.05) is 0 Å². The summed E-state index contributed by atoms with van der Waals surface area (Å²) in [4.78, 5) is 11.2. The first kappa shape index (κ1) is 9.38. The lowest BCUT2D eigenvalue weighted by Gasteiger charge is -2.35. The molecule has 0 atom stereocenters. The molecule has 0 saturated carbocycles. The van der Waals surface area contributed by atoms with Crippen LogP contribution >= 0.6 is 11.8 Å². The molecule has 0 aromatic carbocycles. The van der Waals surface area contributed by atoms with Crippen molar-refractivity contribution in [3.8, 4) is 0 Å². The van der Waals surface area contributed by atoms with Gasteiger partial charge in [-0.25, -0.2) is 0 Å². The molecule has 0 aromatic rings. The van der Waals surface area contributed by atoms with Gasteiger partial charge in [-0.05, 0) is 42.6 Å². The molecule has 2 aliphatic heterocycles. The van der Waals surface area contributed by atoms with Gasteiger partial charge >= 0.3 is 0 Å². The monoisotopic (exact) mass is 199 g/mol. The zero-order valence-corrected chi connectivity index (χ0v) is 8.79. The number of rotatable bonds is 0. The number of carbonyl (C=O) groups is 1. The first-order valence-electron chi connectivity index (χ1n) is 5.15. The molecule has 0 aliphatic carbocycles. The van der Waals surface area contributed by atoms with Crippen LogP contribution in [0, 0.1) is 5.41 Å². The molecule has 0 unspecified atom stereocenters. The first-order valence-corrected chi connectivity index (χ1v) is 6.31. The Morgan fingerprint density at radius 2 is 1.92 bits per heavy atom. The van der Waals surface area contributed by atoms with E-state index in [-0.39, 0.29) is 5.91 Å². The Bertz CT molecular complexity index is 199. The Labute approximate surface area is 83.8 Å². The molecule has 2 saturated heterocycles. The van der Waals surface area contributed by atoms with Gasteiger partial charge in [0.15, 0.2) is 0 Å².